The van der Waals surface area contributed by atoms with Crippen molar-refractivity contribution < 1.29 is 4.79 Å². The van der Waals surface area contributed by atoms with Gasteiger partial charge < -0.3 is 0 Å². The average Bonchev–Trinajstić information content (AvgIpc) is 2.05. The fraction of sp³-hybridized carbons (Fsp3) is 0.125. The van der Waals surface area contributed by atoms with E-state index >= 15 is 0 Å². The molecule has 2 N–H and O–H groups in total. The number of aryl methyl sites for hydroxylation is 1. The molecule has 1 rings (SSSR count). The molecule has 1 aromatic carbocycles. The largest absolute Gasteiger partial charge is 0.273 e. The van der Waals surface area contributed by atoms with Crippen LogP contribution in [-0.4, -0.2) is 5.91 Å². The van der Waals surface area contributed by atoms with Crippen molar-refractivity contribution in [1.82, 2.24) is 10.4 Å². The standard InChI is InChI=1S/C8H9ClN2O/c1-6-3-2-4-7(5-6)8(12)10-11-9/h2-5,11H,1H3,(H,10,12). The quantitative estimate of drug-likeness (QED) is 0.539. The first-order valence-corrected chi connectivity index (χ1v) is 3.84. The Morgan fingerprint density at radius 1 is 1.50 bits per heavy atom. The second kappa shape index (κ2) is 4.09. The first-order valence-electron chi connectivity index (χ1n) is 3.46. The van der Waals surface area contributed by atoms with Crippen LogP contribution < -0.4 is 10.4 Å². The molecule has 0 radical (unpaired) electrons. The minimum Gasteiger partial charge on any atom is -0.273 e. The highest BCUT2D eigenvalue weighted by molar-refractivity contribution is 6.14. The number of carbonyl (C=O) groups excluding carboxylic acids is 1. The molecule has 0 aliphatic heterocycles. The van der Waals surface area contributed by atoms with Gasteiger partial charge >= 0.3 is 0 Å². The second-order valence-electron chi connectivity index (χ2n) is 2.42. The highest BCUT2D eigenvalue weighted by atomic mass is 35.5. The van der Waals surface area contributed by atoms with Crippen molar-refractivity contribution in [2.24, 2.45) is 0 Å². The van der Waals surface area contributed by atoms with Crippen LogP contribution in [0.25, 0.3) is 0 Å². The lowest BCUT2D eigenvalue weighted by Gasteiger charge is -2.01. The lowest BCUT2D eigenvalue weighted by molar-refractivity contribution is 0.0946. The van der Waals surface area contributed by atoms with Crippen molar-refractivity contribution in [3.63, 3.8) is 0 Å². The number of carbonyl (C=O) groups is 1. The lowest BCUT2D eigenvalue weighted by atomic mass is 10.1. The molecule has 4 heteroatoms. The van der Waals surface area contributed by atoms with Gasteiger partial charge in [-0.15, -0.1) is 4.94 Å². The van der Waals surface area contributed by atoms with Gasteiger partial charge in [-0.3, -0.25) is 10.2 Å². The molecule has 0 heterocycles. The first-order chi connectivity index (χ1) is 5.74. The van der Waals surface area contributed by atoms with Crippen LogP contribution in [-0.2, 0) is 0 Å². The van der Waals surface area contributed by atoms with E-state index in [0.29, 0.717) is 5.56 Å². The Bertz CT molecular complexity index is 288. The molecule has 0 aliphatic carbocycles. The van der Waals surface area contributed by atoms with Crippen LogP contribution in [0.4, 0.5) is 0 Å². The molecule has 1 amide bonds. The van der Waals surface area contributed by atoms with E-state index < -0.39 is 0 Å². The van der Waals surface area contributed by atoms with Crippen LogP contribution in [0.2, 0.25) is 0 Å². The Balaban J connectivity index is 2.81. The van der Waals surface area contributed by atoms with Crippen LogP contribution >= 0.6 is 11.8 Å². The molecular formula is C8H9ClN2O. The normalized spacial score (nSPS) is 9.50. The second-order valence-corrected chi connectivity index (χ2v) is 2.61. The van der Waals surface area contributed by atoms with Gasteiger partial charge in [-0.05, 0) is 30.8 Å². The van der Waals surface area contributed by atoms with Gasteiger partial charge in [0.1, 0.15) is 0 Å². The van der Waals surface area contributed by atoms with Crippen LogP contribution in [0.15, 0.2) is 24.3 Å². The third kappa shape index (κ3) is 2.22. The van der Waals surface area contributed by atoms with Crippen LogP contribution in [0.5, 0.6) is 0 Å². The maximum Gasteiger partial charge on any atom is 0.266 e. The van der Waals surface area contributed by atoms with Crippen LogP contribution in [0.3, 0.4) is 0 Å². The molecule has 12 heavy (non-hydrogen) atoms. The predicted octanol–water partition coefficient (Wildman–Crippen LogP) is 1.38. The Kier molecular flexibility index (Phi) is 3.08. The molecule has 3 nitrogen and oxygen atoms in total. The number of benzene rings is 1. The number of nitrogens with one attached hydrogen (secondary N) is 2. The van der Waals surface area contributed by atoms with Crippen molar-refractivity contribution in [3.05, 3.63) is 35.4 Å². The average molecular weight is 185 g/mol. The van der Waals surface area contributed by atoms with Gasteiger partial charge in [0, 0.05) is 5.56 Å². The smallest absolute Gasteiger partial charge is 0.266 e. The van der Waals surface area contributed by atoms with E-state index in [2.05, 4.69) is 10.4 Å². The summed E-state index contributed by atoms with van der Waals surface area (Å²) < 4.78 is 0. The number of amides is 1. The minimum atomic E-state index is -0.242. The van der Waals surface area contributed by atoms with Gasteiger partial charge in [0.25, 0.3) is 5.91 Å². The molecular weight excluding hydrogens is 176 g/mol. The van der Waals surface area contributed by atoms with E-state index in [1.807, 2.05) is 19.1 Å². The molecule has 0 fully saturated rings. The molecule has 0 saturated heterocycles. The molecule has 0 unspecified atom stereocenters. The minimum absolute atomic E-state index is 0.242. The Morgan fingerprint density at radius 3 is 2.83 bits per heavy atom. The summed E-state index contributed by atoms with van der Waals surface area (Å²) >= 11 is 5.10. The number of rotatable bonds is 2. The van der Waals surface area contributed by atoms with E-state index in [4.69, 9.17) is 11.8 Å². The summed E-state index contributed by atoms with van der Waals surface area (Å²) in [7, 11) is 0. The zero-order valence-corrected chi connectivity index (χ0v) is 7.35. The van der Waals surface area contributed by atoms with Gasteiger partial charge in [-0.1, -0.05) is 17.7 Å². The summed E-state index contributed by atoms with van der Waals surface area (Å²) in [4.78, 5) is 13.2. The van der Waals surface area contributed by atoms with E-state index in [9.17, 15) is 4.79 Å². The van der Waals surface area contributed by atoms with Crippen molar-refractivity contribution in [2.75, 3.05) is 0 Å². The van der Waals surface area contributed by atoms with Gasteiger partial charge in [0.05, 0.1) is 0 Å². The summed E-state index contributed by atoms with van der Waals surface area (Å²) in [5.74, 6) is -0.242. The number of hydrogen-bond acceptors (Lipinski definition) is 2. The molecule has 1 aromatic rings. The number of hydrogen-bond donors (Lipinski definition) is 2. The van der Waals surface area contributed by atoms with Gasteiger partial charge in [0.15, 0.2) is 0 Å². The summed E-state index contributed by atoms with van der Waals surface area (Å²) in [5.41, 5.74) is 3.89. The maximum absolute atomic E-state index is 11.1. The molecule has 0 spiro atoms. The fourth-order valence-electron chi connectivity index (χ4n) is 0.901. The van der Waals surface area contributed by atoms with Crippen molar-refractivity contribution >= 4 is 17.7 Å². The van der Waals surface area contributed by atoms with Crippen molar-refractivity contribution in [3.8, 4) is 0 Å². The molecule has 0 aromatic heterocycles. The third-order valence-corrected chi connectivity index (χ3v) is 1.54. The molecule has 0 bridgehead atoms. The summed E-state index contributed by atoms with van der Waals surface area (Å²) in [6.07, 6.45) is 0. The Labute approximate surface area is 75.8 Å². The fourth-order valence-corrected chi connectivity index (χ4v) is 0.987. The number of hydrazine groups is 1. The number of halogens is 1. The van der Waals surface area contributed by atoms with E-state index in [1.165, 1.54) is 0 Å². The summed E-state index contributed by atoms with van der Waals surface area (Å²) in [6, 6.07) is 7.24. The third-order valence-electron chi connectivity index (χ3n) is 1.44. The van der Waals surface area contributed by atoms with Crippen LogP contribution in [0, 0.1) is 6.92 Å². The van der Waals surface area contributed by atoms with E-state index in [1.54, 1.807) is 12.1 Å². The zero-order chi connectivity index (χ0) is 8.97. The molecule has 64 valence electrons. The van der Waals surface area contributed by atoms with Gasteiger partial charge in [-0.2, -0.15) is 0 Å². The highest BCUT2D eigenvalue weighted by Crippen LogP contribution is 2.02. The van der Waals surface area contributed by atoms with Crippen molar-refractivity contribution in [1.29, 1.82) is 0 Å². The Hall–Kier alpha value is -1.06. The molecule has 0 saturated carbocycles. The van der Waals surface area contributed by atoms with Gasteiger partial charge in [0.2, 0.25) is 0 Å². The lowest BCUT2D eigenvalue weighted by Crippen LogP contribution is -2.30. The monoisotopic (exact) mass is 184 g/mol. The molecule has 0 aliphatic rings. The first kappa shape index (κ1) is 9.03. The summed E-state index contributed by atoms with van der Waals surface area (Å²) in [6.45, 7) is 1.92. The van der Waals surface area contributed by atoms with E-state index in [0.717, 1.165) is 5.56 Å². The zero-order valence-electron chi connectivity index (χ0n) is 6.60. The highest BCUT2D eigenvalue weighted by Gasteiger charge is 2.02. The molecule has 0 atom stereocenters. The van der Waals surface area contributed by atoms with Crippen LogP contribution in [0.1, 0.15) is 15.9 Å². The van der Waals surface area contributed by atoms with E-state index in [-0.39, 0.29) is 5.91 Å². The summed E-state index contributed by atoms with van der Waals surface area (Å²) in [5, 5.41) is 0. The maximum atomic E-state index is 11.1. The topological polar surface area (TPSA) is 41.1 Å². The van der Waals surface area contributed by atoms with Gasteiger partial charge in [-0.25, -0.2) is 0 Å². The SMILES string of the molecule is Cc1cccc(C(=O)NNCl)c1. The van der Waals surface area contributed by atoms with Crippen molar-refractivity contribution in [2.45, 2.75) is 6.92 Å². The predicted molar refractivity (Wildman–Crippen MR) is 47.6 cm³/mol. The Morgan fingerprint density at radius 2 is 2.25 bits per heavy atom.